The molecule has 23 heavy (non-hydrogen) atoms. The van der Waals surface area contributed by atoms with Crippen LogP contribution in [0.15, 0.2) is 24.5 Å². The summed E-state index contributed by atoms with van der Waals surface area (Å²) in [5.74, 6) is 0.717. The minimum Gasteiger partial charge on any atom is -0.353 e. The van der Waals surface area contributed by atoms with Crippen LogP contribution in [0.25, 0.3) is 0 Å². The zero-order chi connectivity index (χ0) is 16.7. The molecule has 9 heteroatoms. The third-order valence-corrected chi connectivity index (χ3v) is 5.50. The van der Waals surface area contributed by atoms with Gasteiger partial charge in [0.2, 0.25) is 6.41 Å². The number of carbonyl (C=O) groups is 2. The third-order valence-electron chi connectivity index (χ3n) is 3.83. The molecular formula is C14H24N4O4S. The number of nitrogens with zero attached hydrogens (tertiary/aromatic N) is 3. The largest absolute Gasteiger partial charge is 0.353 e. The van der Waals surface area contributed by atoms with E-state index >= 15 is 0 Å². The van der Waals surface area contributed by atoms with Crippen LogP contribution in [0.4, 0.5) is 4.79 Å². The Morgan fingerprint density at radius 2 is 1.87 bits per heavy atom. The minimum absolute atomic E-state index is 0.290. The molecule has 130 valence electrons. The molecule has 1 aliphatic rings. The van der Waals surface area contributed by atoms with Crippen LogP contribution in [0.5, 0.6) is 0 Å². The van der Waals surface area contributed by atoms with Crippen LogP contribution in [-0.2, 0) is 11.3 Å². The van der Waals surface area contributed by atoms with Crippen LogP contribution in [0.2, 0.25) is 0 Å². The molecule has 1 fully saturated rings. The standard InChI is InChI=1S/C14H24N4O4S/c19-13-18(8-7-17-9-11-23(21,22)12-10-17)14(20)15-3-6-16-4-1-2-5-16/h1-2,4-5,13,21-22H,3,6-12H2,(H,15,20). The van der Waals surface area contributed by atoms with Crippen molar-refractivity contribution in [2.75, 3.05) is 44.2 Å². The summed E-state index contributed by atoms with van der Waals surface area (Å²) in [6, 6.07) is 3.41. The van der Waals surface area contributed by atoms with Gasteiger partial charge in [0.15, 0.2) is 0 Å². The lowest BCUT2D eigenvalue weighted by Gasteiger charge is -2.41. The first kappa shape index (κ1) is 17.8. The smallest absolute Gasteiger partial charge is 0.323 e. The maximum Gasteiger partial charge on any atom is 0.323 e. The summed E-state index contributed by atoms with van der Waals surface area (Å²) in [7, 11) is -2.42. The molecule has 3 N–H and O–H groups in total. The number of imide groups is 1. The Morgan fingerprint density at radius 1 is 1.22 bits per heavy atom. The number of carbonyl (C=O) groups excluding carboxylic acids is 2. The monoisotopic (exact) mass is 344 g/mol. The maximum absolute atomic E-state index is 12.0. The van der Waals surface area contributed by atoms with E-state index in [2.05, 4.69) is 5.32 Å². The number of hydrogen-bond acceptors (Lipinski definition) is 5. The molecule has 3 amide bonds. The highest BCUT2D eigenvalue weighted by Gasteiger charge is 2.22. The topological polar surface area (TPSA) is 98.0 Å². The van der Waals surface area contributed by atoms with Gasteiger partial charge in [-0.2, -0.15) is 10.6 Å². The van der Waals surface area contributed by atoms with Crippen LogP contribution in [0, 0.1) is 0 Å². The van der Waals surface area contributed by atoms with Gasteiger partial charge in [-0.3, -0.25) is 23.7 Å². The lowest BCUT2D eigenvalue weighted by molar-refractivity contribution is -0.115. The van der Waals surface area contributed by atoms with Gasteiger partial charge in [0.1, 0.15) is 0 Å². The first-order valence-corrected chi connectivity index (χ1v) is 9.45. The Labute approximate surface area is 137 Å². The highest BCUT2D eigenvalue weighted by Crippen LogP contribution is 2.40. The molecule has 1 saturated heterocycles. The van der Waals surface area contributed by atoms with Gasteiger partial charge in [0, 0.05) is 51.7 Å². The van der Waals surface area contributed by atoms with Crippen molar-refractivity contribution in [1.82, 2.24) is 19.7 Å². The first-order chi connectivity index (χ1) is 11.0. The van der Waals surface area contributed by atoms with Crippen molar-refractivity contribution >= 4 is 23.0 Å². The number of hydrogen-bond donors (Lipinski definition) is 3. The molecule has 2 heterocycles. The van der Waals surface area contributed by atoms with Gasteiger partial charge in [-0.15, -0.1) is 0 Å². The third kappa shape index (κ3) is 5.87. The summed E-state index contributed by atoms with van der Waals surface area (Å²) in [5.41, 5.74) is 0. The van der Waals surface area contributed by atoms with Gasteiger partial charge < -0.3 is 9.88 Å². The van der Waals surface area contributed by atoms with Crippen LogP contribution in [0.1, 0.15) is 0 Å². The number of nitrogens with one attached hydrogen (secondary N) is 1. The predicted molar refractivity (Wildman–Crippen MR) is 89.6 cm³/mol. The molecule has 0 radical (unpaired) electrons. The maximum atomic E-state index is 12.0. The number of amides is 3. The molecule has 0 aliphatic carbocycles. The summed E-state index contributed by atoms with van der Waals surface area (Å²) in [6.45, 7) is 3.07. The SMILES string of the molecule is O=CN(CCN1CCS(O)(O)CC1)C(=O)NCCn1cccc1. The Hall–Kier alpha value is -1.55. The molecule has 1 aromatic rings. The second-order valence-electron chi connectivity index (χ2n) is 5.50. The number of rotatable bonds is 7. The average molecular weight is 344 g/mol. The van der Waals surface area contributed by atoms with Gasteiger partial charge in [0.25, 0.3) is 0 Å². The predicted octanol–water partition coefficient (Wildman–Crippen LogP) is 0.722. The van der Waals surface area contributed by atoms with Crippen LogP contribution < -0.4 is 5.32 Å². The molecule has 1 aromatic heterocycles. The van der Waals surface area contributed by atoms with Crippen molar-refractivity contribution in [1.29, 1.82) is 0 Å². The minimum atomic E-state index is -2.42. The lowest BCUT2D eigenvalue weighted by Crippen LogP contribution is -2.46. The molecule has 0 aromatic carbocycles. The molecule has 0 unspecified atom stereocenters. The molecule has 1 aliphatic heterocycles. The van der Waals surface area contributed by atoms with E-state index in [0.717, 1.165) is 4.90 Å². The van der Waals surface area contributed by atoms with E-state index in [9.17, 15) is 18.7 Å². The summed E-state index contributed by atoms with van der Waals surface area (Å²) in [6.07, 6.45) is 4.34. The van der Waals surface area contributed by atoms with Crippen LogP contribution >= 0.6 is 10.6 Å². The Bertz CT molecular complexity index is 499. The molecule has 8 nitrogen and oxygen atoms in total. The summed E-state index contributed by atoms with van der Waals surface area (Å²) in [4.78, 5) is 26.2. The van der Waals surface area contributed by atoms with Crippen molar-refractivity contribution in [3.05, 3.63) is 24.5 Å². The van der Waals surface area contributed by atoms with E-state index in [1.807, 2.05) is 34.0 Å². The fourth-order valence-corrected chi connectivity index (χ4v) is 3.66. The second kappa shape index (κ2) is 8.34. The van der Waals surface area contributed by atoms with E-state index < -0.39 is 16.6 Å². The molecule has 0 atom stereocenters. The Balaban J connectivity index is 1.67. The van der Waals surface area contributed by atoms with E-state index in [0.29, 0.717) is 50.6 Å². The van der Waals surface area contributed by atoms with Crippen molar-refractivity contribution in [2.45, 2.75) is 6.54 Å². The van der Waals surface area contributed by atoms with Crippen LogP contribution in [0.3, 0.4) is 0 Å². The van der Waals surface area contributed by atoms with Gasteiger partial charge in [-0.1, -0.05) is 0 Å². The second-order valence-corrected chi connectivity index (χ2v) is 7.92. The van der Waals surface area contributed by atoms with E-state index in [-0.39, 0.29) is 6.54 Å². The van der Waals surface area contributed by atoms with Crippen molar-refractivity contribution in [3.63, 3.8) is 0 Å². The van der Waals surface area contributed by atoms with Crippen LogP contribution in [-0.4, -0.2) is 80.1 Å². The van der Waals surface area contributed by atoms with Crippen molar-refractivity contribution in [3.8, 4) is 0 Å². The zero-order valence-electron chi connectivity index (χ0n) is 13.0. The lowest BCUT2D eigenvalue weighted by atomic mass is 10.4. The average Bonchev–Trinajstić information content (AvgIpc) is 3.02. The zero-order valence-corrected chi connectivity index (χ0v) is 13.8. The van der Waals surface area contributed by atoms with Gasteiger partial charge >= 0.3 is 6.03 Å². The highest BCUT2D eigenvalue weighted by atomic mass is 32.3. The fraction of sp³-hybridized carbons (Fsp3) is 0.571. The Morgan fingerprint density at radius 3 is 2.48 bits per heavy atom. The summed E-state index contributed by atoms with van der Waals surface area (Å²) < 4.78 is 21.1. The quantitative estimate of drug-likeness (QED) is 0.633. The van der Waals surface area contributed by atoms with Crippen molar-refractivity contribution in [2.24, 2.45) is 0 Å². The van der Waals surface area contributed by atoms with E-state index in [4.69, 9.17) is 0 Å². The summed E-state index contributed by atoms with van der Waals surface area (Å²) >= 11 is 0. The summed E-state index contributed by atoms with van der Waals surface area (Å²) in [5, 5.41) is 2.71. The number of urea groups is 1. The molecule has 0 bridgehead atoms. The first-order valence-electron chi connectivity index (χ1n) is 7.57. The molecule has 2 rings (SSSR count). The highest BCUT2D eigenvalue weighted by molar-refractivity contribution is 8.24. The van der Waals surface area contributed by atoms with E-state index in [1.165, 1.54) is 0 Å². The Kier molecular flexibility index (Phi) is 6.46. The normalized spacial score (nSPS) is 19.0. The van der Waals surface area contributed by atoms with Crippen molar-refractivity contribution < 1.29 is 18.7 Å². The molecule has 0 saturated carbocycles. The molecule has 0 spiro atoms. The van der Waals surface area contributed by atoms with E-state index in [1.54, 1.807) is 0 Å². The number of aromatic nitrogens is 1. The molecular weight excluding hydrogens is 320 g/mol. The fourth-order valence-electron chi connectivity index (χ4n) is 2.35. The van der Waals surface area contributed by atoms with Gasteiger partial charge in [0.05, 0.1) is 11.5 Å². The van der Waals surface area contributed by atoms with Gasteiger partial charge in [-0.05, 0) is 12.1 Å². The van der Waals surface area contributed by atoms with Gasteiger partial charge in [-0.25, -0.2) is 4.79 Å².